The van der Waals surface area contributed by atoms with Crippen molar-refractivity contribution in [1.82, 2.24) is 15.1 Å². The van der Waals surface area contributed by atoms with Crippen molar-refractivity contribution in [2.45, 2.75) is 6.54 Å². The third-order valence-electron chi connectivity index (χ3n) is 3.87. The van der Waals surface area contributed by atoms with Crippen LogP contribution in [-0.4, -0.2) is 21.6 Å². The van der Waals surface area contributed by atoms with Crippen LogP contribution in [0, 0.1) is 0 Å². The molecule has 0 saturated carbocycles. The maximum absolute atomic E-state index is 12.4. The molecule has 0 spiro atoms. The molecule has 0 aliphatic heterocycles. The Morgan fingerprint density at radius 2 is 1.67 bits per heavy atom. The van der Waals surface area contributed by atoms with Crippen LogP contribution in [0.15, 0.2) is 54.6 Å². The Bertz CT molecular complexity index is 1000. The van der Waals surface area contributed by atoms with Crippen LogP contribution in [0.4, 0.5) is 5.82 Å². The number of hydrogen-bond donors (Lipinski definition) is 2. The minimum absolute atomic E-state index is 0.180. The van der Waals surface area contributed by atoms with Gasteiger partial charge in [0.05, 0.1) is 10.6 Å². The van der Waals surface area contributed by atoms with E-state index in [9.17, 15) is 9.59 Å². The standard InChI is InChI=1S/C19H16Cl2N4O2/c1-25-17(23-18(26)13-7-3-5-9-15(13)21)10-16(24-25)19(27)22-11-12-6-2-4-8-14(12)20/h2-10H,11H2,1H3,(H,22,27)(H,23,26). The molecule has 138 valence electrons. The Morgan fingerprint density at radius 1 is 1.00 bits per heavy atom. The van der Waals surface area contributed by atoms with E-state index in [0.717, 1.165) is 5.56 Å². The van der Waals surface area contributed by atoms with Crippen molar-refractivity contribution in [2.75, 3.05) is 5.32 Å². The third kappa shape index (κ3) is 4.48. The Kier molecular flexibility index (Phi) is 5.78. The summed E-state index contributed by atoms with van der Waals surface area (Å²) in [6.07, 6.45) is 0. The molecule has 0 fully saturated rings. The molecule has 0 unspecified atom stereocenters. The molecule has 0 radical (unpaired) electrons. The smallest absolute Gasteiger partial charge is 0.272 e. The van der Waals surface area contributed by atoms with E-state index in [2.05, 4.69) is 15.7 Å². The molecule has 3 rings (SSSR count). The van der Waals surface area contributed by atoms with Crippen LogP contribution in [0.1, 0.15) is 26.4 Å². The topological polar surface area (TPSA) is 76.0 Å². The Balaban J connectivity index is 1.68. The van der Waals surface area contributed by atoms with Gasteiger partial charge in [0.2, 0.25) is 0 Å². The number of aryl methyl sites for hydroxylation is 1. The summed E-state index contributed by atoms with van der Waals surface area (Å²) in [4.78, 5) is 24.7. The molecule has 27 heavy (non-hydrogen) atoms. The van der Waals surface area contributed by atoms with Crippen LogP contribution in [0.2, 0.25) is 10.0 Å². The van der Waals surface area contributed by atoms with Crippen molar-refractivity contribution in [2.24, 2.45) is 7.05 Å². The number of nitrogens with one attached hydrogen (secondary N) is 2. The fourth-order valence-corrected chi connectivity index (χ4v) is 2.86. The van der Waals surface area contributed by atoms with Gasteiger partial charge in [0, 0.05) is 24.7 Å². The number of amides is 2. The summed E-state index contributed by atoms with van der Waals surface area (Å²) in [5, 5.41) is 10.5. The van der Waals surface area contributed by atoms with Crippen LogP contribution in [0.3, 0.4) is 0 Å². The largest absolute Gasteiger partial charge is 0.347 e. The van der Waals surface area contributed by atoms with E-state index in [0.29, 0.717) is 21.4 Å². The summed E-state index contributed by atoms with van der Waals surface area (Å²) in [6, 6.07) is 15.5. The van der Waals surface area contributed by atoms with Gasteiger partial charge in [0.1, 0.15) is 5.82 Å². The van der Waals surface area contributed by atoms with Gasteiger partial charge in [-0.3, -0.25) is 14.3 Å². The Labute approximate surface area is 166 Å². The van der Waals surface area contributed by atoms with Gasteiger partial charge in [-0.05, 0) is 23.8 Å². The predicted molar refractivity (Wildman–Crippen MR) is 105 cm³/mol. The summed E-state index contributed by atoms with van der Waals surface area (Å²) < 4.78 is 1.42. The van der Waals surface area contributed by atoms with E-state index < -0.39 is 0 Å². The summed E-state index contributed by atoms with van der Waals surface area (Å²) in [7, 11) is 1.63. The highest BCUT2D eigenvalue weighted by Crippen LogP contribution is 2.18. The van der Waals surface area contributed by atoms with E-state index in [-0.39, 0.29) is 24.1 Å². The van der Waals surface area contributed by atoms with Crippen molar-refractivity contribution in [3.8, 4) is 0 Å². The van der Waals surface area contributed by atoms with Crippen LogP contribution < -0.4 is 10.6 Å². The zero-order valence-electron chi connectivity index (χ0n) is 14.4. The quantitative estimate of drug-likeness (QED) is 0.678. The first-order chi connectivity index (χ1) is 13.0. The first-order valence-electron chi connectivity index (χ1n) is 8.07. The number of anilines is 1. The monoisotopic (exact) mass is 402 g/mol. The molecule has 2 N–H and O–H groups in total. The minimum atomic E-state index is -0.383. The molecular weight excluding hydrogens is 387 g/mol. The van der Waals surface area contributed by atoms with Crippen LogP contribution >= 0.6 is 23.2 Å². The molecule has 0 saturated heterocycles. The summed E-state index contributed by atoms with van der Waals surface area (Å²) >= 11 is 12.1. The van der Waals surface area contributed by atoms with Gasteiger partial charge in [0.25, 0.3) is 11.8 Å². The van der Waals surface area contributed by atoms with E-state index in [1.165, 1.54) is 10.7 Å². The number of carbonyl (C=O) groups excluding carboxylic acids is 2. The minimum Gasteiger partial charge on any atom is -0.347 e. The molecule has 6 nitrogen and oxygen atoms in total. The highest BCUT2D eigenvalue weighted by atomic mass is 35.5. The van der Waals surface area contributed by atoms with E-state index in [4.69, 9.17) is 23.2 Å². The Morgan fingerprint density at radius 3 is 2.37 bits per heavy atom. The second-order valence-corrected chi connectivity index (χ2v) is 6.56. The highest BCUT2D eigenvalue weighted by molar-refractivity contribution is 6.34. The molecule has 2 aromatic carbocycles. The molecular formula is C19H16Cl2N4O2. The normalized spacial score (nSPS) is 10.5. The lowest BCUT2D eigenvalue weighted by Gasteiger charge is -2.06. The predicted octanol–water partition coefficient (Wildman–Crippen LogP) is 3.91. The van der Waals surface area contributed by atoms with Crippen LogP contribution in [-0.2, 0) is 13.6 Å². The SMILES string of the molecule is Cn1nc(C(=O)NCc2ccccc2Cl)cc1NC(=O)c1ccccc1Cl. The number of nitrogens with zero attached hydrogens (tertiary/aromatic N) is 2. The van der Waals surface area contributed by atoms with Crippen molar-refractivity contribution in [3.05, 3.63) is 81.5 Å². The lowest BCUT2D eigenvalue weighted by atomic mass is 10.2. The molecule has 0 bridgehead atoms. The zero-order chi connectivity index (χ0) is 19.4. The number of aromatic nitrogens is 2. The summed E-state index contributed by atoms with van der Waals surface area (Å²) in [5.74, 6) is -0.377. The molecule has 8 heteroatoms. The number of halogens is 2. The average Bonchev–Trinajstić information content (AvgIpc) is 3.01. The van der Waals surface area contributed by atoms with Crippen molar-refractivity contribution >= 4 is 40.8 Å². The fourth-order valence-electron chi connectivity index (χ4n) is 2.43. The van der Waals surface area contributed by atoms with Gasteiger partial charge >= 0.3 is 0 Å². The first kappa shape index (κ1) is 18.9. The molecule has 1 heterocycles. The number of rotatable bonds is 5. The number of benzene rings is 2. The fraction of sp³-hybridized carbons (Fsp3) is 0.105. The van der Waals surface area contributed by atoms with Crippen molar-refractivity contribution < 1.29 is 9.59 Å². The molecule has 3 aromatic rings. The lowest BCUT2D eigenvalue weighted by molar-refractivity contribution is 0.0944. The number of carbonyl (C=O) groups is 2. The zero-order valence-corrected chi connectivity index (χ0v) is 15.9. The van der Waals surface area contributed by atoms with Gasteiger partial charge in [0.15, 0.2) is 5.69 Å². The van der Waals surface area contributed by atoms with Gasteiger partial charge in [-0.15, -0.1) is 0 Å². The van der Waals surface area contributed by atoms with E-state index in [1.807, 2.05) is 18.2 Å². The summed E-state index contributed by atoms with van der Waals surface area (Å²) in [6.45, 7) is 0.274. The van der Waals surface area contributed by atoms with Crippen molar-refractivity contribution in [3.63, 3.8) is 0 Å². The average molecular weight is 403 g/mol. The molecule has 0 aliphatic carbocycles. The third-order valence-corrected chi connectivity index (χ3v) is 4.57. The van der Waals surface area contributed by atoms with Crippen LogP contribution in [0.5, 0.6) is 0 Å². The lowest BCUT2D eigenvalue weighted by Crippen LogP contribution is -2.23. The molecule has 2 amide bonds. The van der Waals surface area contributed by atoms with E-state index in [1.54, 1.807) is 37.4 Å². The molecule has 0 aliphatic rings. The summed E-state index contributed by atoms with van der Waals surface area (Å²) in [5.41, 5.74) is 1.32. The molecule has 1 aromatic heterocycles. The maximum Gasteiger partial charge on any atom is 0.272 e. The first-order valence-corrected chi connectivity index (χ1v) is 8.83. The van der Waals surface area contributed by atoms with Gasteiger partial charge in [-0.2, -0.15) is 5.10 Å². The second-order valence-electron chi connectivity index (χ2n) is 5.75. The molecule has 0 atom stereocenters. The van der Waals surface area contributed by atoms with E-state index >= 15 is 0 Å². The number of hydrogen-bond acceptors (Lipinski definition) is 3. The van der Waals surface area contributed by atoms with Gasteiger partial charge in [-0.1, -0.05) is 53.5 Å². The Hall–Kier alpha value is -2.83. The van der Waals surface area contributed by atoms with Crippen molar-refractivity contribution in [1.29, 1.82) is 0 Å². The van der Waals surface area contributed by atoms with Gasteiger partial charge < -0.3 is 10.6 Å². The second kappa shape index (κ2) is 8.24. The van der Waals surface area contributed by atoms with Crippen LogP contribution in [0.25, 0.3) is 0 Å². The highest BCUT2D eigenvalue weighted by Gasteiger charge is 2.16. The maximum atomic E-state index is 12.4. The van der Waals surface area contributed by atoms with Gasteiger partial charge in [-0.25, -0.2) is 0 Å².